The van der Waals surface area contributed by atoms with Crippen molar-refractivity contribution in [2.75, 3.05) is 11.6 Å². The molecule has 0 radical (unpaired) electrons. The summed E-state index contributed by atoms with van der Waals surface area (Å²) in [7, 11) is -3.13. The Kier molecular flexibility index (Phi) is 4.19. The molecule has 0 aromatic heterocycles. The van der Waals surface area contributed by atoms with Crippen molar-refractivity contribution in [3.63, 3.8) is 0 Å². The lowest BCUT2D eigenvalue weighted by Crippen LogP contribution is -2.16. The van der Waals surface area contributed by atoms with E-state index >= 15 is 0 Å². The van der Waals surface area contributed by atoms with Crippen molar-refractivity contribution >= 4 is 15.5 Å². The van der Waals surface area contributed by atoms with Gasteiger partial charge in [0, 0.05) is 18.0 Å². The Labute approximate surface area is 116 Å². The van der Waals surface area contributed by atoms with Crippen LogP contribution < -0.4 is 5.32 Å². The molecule has 0 spiro atoms. The first-order valence-electron chi connectivity index (χ1n) is 6.97. The Bertz CT molecular complexity index is 551. The van der Waals surface area contributed by atoms with Gasteiger partial charge in [-0.3, -0.25) is 0 Å². The van der Waals surface area contributed by atoms with Crippen LogP contribution in [0.1, 0.15) is 38.2 Å². The summed E-state index contributed by atoms with van der Waals surface area (Å²) >= 11 is 0. The average molecular weight is 281 g/mol. The molecular weight excluding hydrogens is 258 g/mol. The third-order valence-electron chi connectivity index (χ3n) is 4.12. The molecule has 1 aliphatic rings. The topological polar surface area (TPSA) is 46.2 Å². The molecule has 1 aromatic rings. The molecule has 0 aliphatic heterocycles. The van der Waals surface area contributed by atoms with Gasteiger partial charge in [0.15, 0.2) is 9.84 Å². The van der Waals surface area contributed by atoms with Gasteiger partial charge < -0.3 is 5.32 Å². The van der Waals surface area contributed by atoms with Gasteiger partial charge in [-0.05, 0) is 49.8 Å². The van der Waals surface area contributed by atoms with Gasteiger partial charge in [-0.1, -0.05) is 19.4 Å². The van der Waals surface area contributed by atoms with Gasteiger partial charge in [0.25, 0.3) is 0 Å². The Hall–Kier alpha value is -1.03. The molecule has 2 rings (SSSR count). The Balaban J connectivity index is 2.16. The van der Waals surface area contributed by atoms with Gasteiger partial charge in [-0.25, -0.2) is 8.42 Å². The van der Waals surface area contributed by atoms with E-state index in [1.807, 2.05) is 13.0 Å². The van der Waals surface area contributed by atoms with Crippen LogP contribution in [0.5, 0.6) is 0 Å². The molecule has 1 saturated carbocycles. The largest absolute Gasteiger partial charge is 0.382 e. The number of hydrogen-bond acceptors (Lipinski definition) is 3. The maximum absolute atomic E-state index is 11.6. The normalized spacial score (nSPS) is 23.5. The van der Waals surface area contributed by atoms with Crippen LogP contribution in [-0.2, 0) is 9.84 Å². The van der Waals surface area contributed by atoms with E-state index in [0.717, 1.165) is 17.2 Å². The molecule has 3 nitrogen and oxygen atoms in total. The fourth-order valence-electron chi connectivity index (χ4n) is 2.78. The molecule has 0 heterocycles. The lowest BCUT2D eigenvalue weighted by atomic mass is 10.1. The molecule has 1 aromatic carbocycles. The van der Waals surface area contributed by atoms with Gasteiger partial charge in [0.05, 0.1) is 4.90 Å². The number of benzene rings is 1. The van der Waals surface area contributed by atoms with Gasteiger partial charge in [0.1, 0.15) is 0 Å². The number of anilines is 1. The van der Waals surface area contributed by atoms with E-state index in [9.17, 15) is 8.42 Å². The summed E-state index contributed by atoms with van der Waals surface area (Å²) in [5.74, 6) is 0.816. The summed E-state index contributed by atoms with van der Waals surface area (Å²) in [6.45, 7) is 4.25. The van der Waals surface area contributed by atoms with E-state index in [-0.39, 0.29) is 0 Å². The highest BCUT2D eigenvalue weighted by Crippen LogP contribution is 2.31. The van der Waals surface area contributed by atoms with Crippen LogP contribution in [-0.4, -0.2) is 20.7 Å². The third-order valence-corrected chi connectivity index (χ3v) is 5.23. The fraction of sp³-hybridized carbons (Fsp3) is 0.600. The quantitative estimate of drug-likeness (QED) is 0.920. The minimum atomic E-state index is -3.13. The van der Waals surface area contributed by atoms with E-state index < -0.39 is 9.84 Å². The van der Waals surface area contributed by atoms with Crippen LogP contribution in [0.2, 0.25) is 0 Å². The maximum Gasteiger partial charge on any atom is 0.175 e. The van der Waals surface area contributed by atoms with E-state index in [1.54, 1.807) is 12.1 Å². The van der Waals surface area contributed by atoms with Crippen molar-refractivity contribution in [1.82, 2.24) is 0 Å². The second-order valence-electron chi connectivity index (χ2n) is 5.68. The number of nitrogens with one attached hydrogen (secondary N) is 1. The molecule has 0 saturated heterocycles. The molecule has 1 N–H and O–H groups in total. The molecule has 0 amide bonds. The summed E-state index contributed by atoms with van der Waals surface area (Å²) in [5, 5.41) is 3.52. The molecular formula is C15H23NO2S. The number of hydrogen-bond donors (Lipinski definition) is 1. The number of rotatable bonds is 4. The standard InChI is InChI=1S/C15H23NO2S/c1-4-12-6-7-13(9-12)16-15-10-14(19(3,17)18)8-5-11(15)2/h5,8,10,12-13,16H,4,6-7,9H2,1-3H3. The molecule has 1 aliphatic carbocycles. The predicted octanol–water partition coefficient (Wildman–Crippen LogP) is 3.39. The number of aryl methyl sites for hydroxylation is 1. The van der Waals surface area contributed by atoms with Crippen LogP contribution in [0.4, 0.5) is 5.69 Å². The average Bonchev–Trinajstić information content (AvgIpc) is 2.78. The fourth-order valence-corrected chi connectivity index (χ4v) is 3.43. The maximum atomic E-state index is 11.6. The minimum absolute atomic E-state index is 0.394. The summed E-state index contributed by atoms with van der Waals surface area (Å²) in [5.41, 5.74) is 2.07. The highest BCUT2D eigenvalue weighted by Gasteiger charge is 2.23. The lowest BCUT2D eigenvalue weighted by Gasteiger charge is -2.17. The van der Waals surface area contributed by atoms with Crippen molar-refractivity contribution in [3.05, 3.63) is 23.8 Å². The van der Waals surface area contributed by atoms with Gasteiger partial charge in [-0.15, -0.1) is 0 Å². The molecule has 1 fully saturated rings. The van der Waals surface area contributed by atoms with Crippen molar-refractivity contribution in [1.29, 1.82) is 0 Å². The van der Waals surface area contributed by atoms with Crippen LogP contribution in [0, 0.1) is 12.8 Å². The zero-order valence-corrected chi connectivity index (χ0v) is 12.8. The number of sulfone groups is 1. The van der Waals surface area contributed by atoms with E-state index in [0.29, 0.717) is 10.9 Å². The van der Waals surface area contributed by atoms with Crippen LogP contribution in [0.3, 0.4) is 0 Å². The molecule has 2 atom stereocenters. The van der Waals surface area contributed by atoms with Gasteiger partial charge in [-0.2, -0.15) is 0 Å². The predicted molar refractivity (Wildman–Crippen MR) is 79.3 cm³/mol. The highest BCUT2D eigenvalue weighted by molar-refractivity contribution is 7.90. The first kappa shape index (κ1) is 14.4. The summed E-state index contributed by atoms with van der Waals surface area (Å²) in [4.78, 5) is 0.394. The van der Waals surface area contributed by atoms with Crippen molar-refractivity contribution in [2.24, 2.45) is 5.92 Å². The molecule has 19 heavy (non-hydrogen) atoms. The SMILES string of the molecule is CCC1CCC(Nc2cc(S(C)(=O)=O)ccc2C)C1. The zero-order valence-electron chi connectivity index (χ0n) is 11.9. The summed E-state index contributed by atoms with van der Waals surface area (Å²) in [6.07, 6.45) is 6.14. The van der Waals surface area contributed by atoms with Crippen LogP contribution in [0.25, 0.3) is 0 Å². The second-order valence-corrected chi connectivity index (χ2v) is 7.69. The first-order valence-corrected chi connectivity index (χ1v) is 8.86. The molecule has 106 valence electrons. The zero-order chi connectivity index (χ0) is 14.0. The van der Waals surface area contributed by atoms with Crippen molar-refractivity contribution in [3.8, 4) is 0 Å². The third kappa shape index (κ3) is 3.50. The smallest absolute Gasteiger partial charge is 0.175 e. The van der Waals surface area contributed by atoms with E-state index in [2.05, 4.69) is 12.2 Å². The van der Waals surface area contributed by atoms with Crippen LogP contribution in [0.15, 0.2) is 23.1 Å². The monoisotopic (exact) mass is 281 g/mol. The Morgan fingerprint density at radius 3 is 2.63 bits per heavy atom. The lowest BCUT2D eigenvalue weighted by molar-refractivity contribution is 0.525. The first-order chi connectivity index (χ1) is 8.90. The van der Waals surface area contributed by atoms with Gasteiger partial charge >= 0.3 is 0 Å². The van der Waals surface area contributed by atoms with E-state index in [4.69, 9.17) is 0 Å². The van der Waals surface area contributed by atoms with Crippen LogP contribution >= 0.6 is 0 Å². The van der Waals surface area contributed by atoms with Gasteiger partial charge in [0.2, 0.25) is 0 Å². The Morgan fingerprint density at radius 2 is 2.05 bits per heavy atom. The summed E-state index contributed by atoms with van der Waals surface area (Å²) in [6, 6.07) is 5.81. The molecule has 4 heteroatoms. The Morgan fingerprint density at radius 1 is 1.32 bits per heavy atom. The van der Waals surface area contributed by atoms with Crippen molar-refractivity contribution in [2.45, 2.75) is 50.5 Å². The highest BCUT2D eigenvalue weighted by atomic mass is 32.2. The summed E-state index contributed by atoms with van der Waals surface area (Å²) < 4.78 is 23.2. The van der Waals surface area contributed by atoms with Crippen molar-refractivity contribution < 1.29 is 8.42 Å². The second kappa shape index (κ2) is 5.53. The molecule has 0 bridgehead atoms. The minimum Gasteiger partial charge on any atom is -0.382 e. The molecule has 2 unspecified atom stereocenters. The van der Waals surface area contributed by atoms with E-state index in [1.165, 1.54) is 31.9 Å².